The molecule has 1 fully saturated rings. The topological polar surface area (TPSA) is 34.1 Å². The Hall–Kier alpha value is -1.39. The number of benzene rings is 1. The van der Waals surface area contributed by atoms with Crippen LogP contribution >= 0.6 is 11.3 Å². The maximum atomic E-state index is 5.47. The fraction of sp³-hybridized carbons (Fsp3) is 0.438. The normalized spacial score (nSPS) is 16.2. The largest absolute Gasteiger partial charge is 0.494 e. The van der Waals surface area contributed by atoms with E-state index in [1.807, 2.05) is 19.1 Å². The summed E-state index contributed by atoms with van der Waals surface area (Å²) in [6.45, 7) is 4.93. The molecule has 0 radical (unpaired) electrons. The number of thiazole rings is 1. The third kappa shape index (κ3) is 3.02. The van der Waals surface area contributed by atoms with Crippen molar-refractivity contribution in [3.05, 3.63) is 34.7 Å². The van der Waals surface area contributed by atoms with Gasteiger partial charge in [0.05, 0.1) is 17.3 Å². The lowest BCUT2D eigenvalue weighted by Gasteiger charge is -2.20. The molecule has 0 aliphatic carbocycles. The minimum Gasteiger partial charge on any atom is -0.494 e. The Morgan fingerprint density at radius 1 is 1.25 bits per heavy atom. The Morgan fingerprint density at radius 3 is 2.70 bits per heavy atom. The van der Waals surface area contributed by atoms with Crippen molar-refractivity contribution in [2.75, 3.05) is 19.7 Å². The van der Waals surface area contributed by atoms with E-state index in [0.29, 0.717) is 12.5 Å². The van der Waals surface area contributed by atoms with Gasteiger partial charge < -0.3 is 10.1 Å². The lowest BCUT2D eigenvalue weighted by Crippen LogP contribution is -2.26. The van der Waals surface area contributed by atoms with Gasteiger partial charge in [-0.1, -0.05) is 0 Å². The highest BCUT2D eigenvalue weighted by Crippen LogP contribution is 2.31. The smallest absolute Gasteiger partial charge is 0.119 e. The molecule has 4 heteroatoms. The number of ether oxygens (including phenoxy) is 1. The molecule has 1 N–H and O–H groups in total. The van der Waals surface area contributed by atoms with E-state index in [4.69, 9.17) is 9.72 Å². The first kappa shape index (κ1) is 13.6. The van der Waals surface area contributed by atoms with E-state index in [-0.39, 0.29) is 0 Å². The van der Waals surface area contributed by atoms with Gasteiger partial charge in [-0.05, 0) is 57.1 Å². The van der Waals surface area contributed by atoms with Crippen molar-refractivity contribution >= 4 is 11.3 Å². The van der Waals surface area contributed by atoms with E-state index >= 15 is 0 Å². The minimum absolute atomic E-state index is 0.637. The molecule has 3 nitrogen and oxygen atoms in total. The quantitative estimate of drug-likeness (QED) is 0.932. The van der Waals surface area contributed by atoms with Crippen LogP contribution in [0.5, 0.6) is 5.75 Å². The van der Waals surface area contributed by atoms with Crippen LogP contribution in [-0.2, 0) is 0 Å². The molecule has 0 bridgehead atoms. The van der Waals surface area contributed by atoms with Crippen molar-refractivity contribution < 1.29 is 4.74 Å². The molecule has 20 heavy (non-hydrogen) atoms. The summed E-state index contributed by atoms with van der Waals surface area (Å²) in [4.78, 5) is 4.83. The van der Waals surface area contributed by atoms with Gasteiger partial charge in [0.15, 0.2) is 0 Å². The first-order valence-electron chi connectivity index (χ1n) is 7.26. The standard InChI is InChI=1S/C16H20N2OS/c1-2-19-14-5-3-12(4-6-14)15-11-20-16(18-15)13-7-9-17-10-8-13/h3-6,11,13,17H,2,7-10H2,1H3. The number of nitrogens with one attached hydrogen (secondary N) is 1. The van der Waals surface area contributed by atoms with Gasteiger partial charge in [0.2, 0.25) is 0 Å². The minimum atomic E-state index is 0.637. The van der Waals surface area contributed by atoms with Gasteiger partial charge in [-0.3, -0.25) is 0 Å². The van der Waals surface area contributed by atoms with E-state index in [2.05, 4.69) is 22.8 Å². The van der Waals surface area contributed by atoms with Gasteiger partial charge >= 0.3 is 0 Å². The van der Waals surface area contributed by atoms with Crippen molar-refractivity contribution in [3.8, 4) is 17.0 Å². The van der Waals surface area contributed by atoms with Crippen molar-refractivity contribution in [2.45, 2.75) is 25.7 Å². The van der Waals surface area contributed by atoms with Crippen molar-refractivity contribution in [3.63, 3.8) is 0 Å². The first-order valence-corrected chi connectivity index (χ1v) is 8.14. The Bertz CT molecular complexity index is 544. The first-order chi connectivity index (χ1) is 9.86. The average molecular weight is 288 g/mol. The van der Waals surface area contributed by atoms with Gasteiger partial charge in [-0.15, -0.1) is 11.3 Å². The second-order valence-electron chi connectivity index (χ2n) is 5.05. The summed E-state index contributed by atoms with van der Waals surface area (Å²) in [5, 5.41) is 6.87. The molecule has 1 saturated heterocycles. The predicted octanol–water partition coefficient (Wildman–Crippen LogP) is 3.68. The van der Waals surface area contributed by atoms with Crippen LogP contribution in [0.4, 0.5) is 0 Å². The number of rotatable bonds is 4. The predicted molar refractivity (Wildman–Crippen MR) is 83.6 cm³/mol. The van der Waals surface area contributed by atoms with E-state index in [1.165, 1.54) is 23.4 Å². The van der Waals surface area contributed by atoms with Crippen LogP contribution in [0.1, 0.15) is 30.7 Å². The van der Waals surface area contributed by atoms with Crippen LogP contribution in [0.15, 0.2) is 29.6 Å². The molecule has 0 spiro atoms. The molecule has 2 heterocycles. The van der Waals surface area contributed by atoms with Crippen molar-refractivity contribution in [2.24, 2.45) is 0 Å². The molecule has 0 atom stereocenters. The molecule has 0 unspecified atom stereocenters. The molecule has 1 aromatic carbocycles. The molecule has 2 aromatic rings. The van der Waals surface area contributed by atoms with Crippen molar-refractivity contribution in [1.82, 2.24) is 10.3 Å². The number of piperidine rings is 1. The third-order valence-electron chi connectivity index (χ3n) is 3.67. The zero-order valence-corrected chi connectivity index (χ0v) is 12.6. The van der Waals surface area contributed by atoms with Crippen LogP contribution < -0.4 is 10.1 Å². The van der Waals surface area contributed by atoms with E-state index < -0.39 is 0 Å². The van der Waals surface area contributed by atoms with Crippen LogP contribution in [0.3, 0.4) is 0 Å². The molecular weight excluding hydrogens is 268 g/mol. The Morgan fingerprint density at radius 2 is 2.00 bits per heavy atom. The highest BCUT2D eigenvalue weighted by atomic mass is 32.1. The molecule has 106 valence electrons. The Labute approximate surface area is 124 Å². The molecular formula is C16H20N2OS. The van der Waals surface area contributed by atoms with Crippen LogP contribution in [0.25, 0.3) is 11.3 Å². The van der Waals surface area contributed by atoms with E-state index in [0.717, 1.165) is 24.5 Å². The SMILES string of the molecule is CCOc1ccc(-c2csc(C3CCNCC3)n2)cc1. The number of hydrogen-bond donors (Lipinski definition) is 1. The zero-order chi connectivity index (χ0) is 13.8. The van der Waals surface area contributed by atoms with Crippen LogP contribution in [-0.4, -0.2) is 24.7 Å². The van der Waals surface area contributed by atoms with Crippen LogP contribution in [0, 0.1) is 0 Å². The lowest BCUT2D eigenvalue weighted by atomic mass is 9.99. The Balaban J connectivity index is 1.75. The summed E-state index contributed by atoms with van der Waals surface area (Å²) >= 11 is 1.80. The summed E-state index contributed by atoms with van der Waals surface area (Å²) in [7, 11) is 0. The molecule has 0 amide bonds. The number of nitrogens with zero attached hydrogens (tertiary/aromatic N) is 1. The fourth-order valence-corrected chi connectivity index (χ4v) is 3.57. The van der Waals surface area contributed by atoms with Gasteiger partial charge in [-0.25, -0.2) is 4.98 Å². The van der Waals surface area contributed by atoms with Gasteiger partial charge in [0.25, 0.3) is 0 Å². The fourth-order valence-electron chi connectivity index (χ4n) is 2.57. The zero-order valence-electron chi connectivity index (χ0n) is 11.8. The highest BCUT2D eigenvalue weighted by molar-refractivity contribution is 7.10. The highest BCUT2D eigenvalue weighted by Gasteiger charge is 2.18. The second-order valence-corrected chi connectivity index (χ2v) is 5.94. The maximum absolute atomic E-state index is 5.47. The third-order valence-corrected chi connectivity index (χ3v) is 4.68. The summed E-state index contributed by atoms with van der Waals surface area (Å²) in [6, 6.07) is 8.21. The summed E-state index contributed by atoms with van der Waals surface area (Å²) in [6.07, 6.45) is 2.41. The molecule has 1 aromatic heterocycles. The summed E-state index contributed by atoms with van der Waals surface area (Å²) in [5.74, 6) is 1.56. The van der Waals surface area contributed by atoms with Gasteiger partial charge in [0, 0.05) is 16.9 Å². The van der Waals surface area contributed by atoms with Gasteiger partial charge in [-0.2, -0.15) is 0 Å². The van der Waals surface area contributed by atoms with E-state index in [9.17, 15) is 0 Å². The maximum Gasteiger partial charge on any atom is 0.119 e. The van der Waals surface area contributed by atoms with Crippen molar-refractivity contribution in [1.29, 1.82) is 0 Å². The molecule has 1 aliphatic rings. The number of aromatic nitrogens is 1. The van der Waals surface area contributed by atoms with Gasteiger partial charge in [0.1, 0.15) is 5.75 Å². The average Bonchev–Trinajstić information content (AvgIpc) is 2.99. The molecule has 1 aliphatic heterocycles. The van der Waals surface area contributed by atoms with Crippen LogP contribution in [0.2, 0.25) is 0 Å². The second kappa shape index (κ2) is 6.37. The summed E-state index contributed by atoms with van der Waals surface area (Å²) in [5.41, 5.74) is 2.26. The monoisotopic (exact) mass is 288 g/mol. The Kier molecular flexibility index (Phi) is 4.33. The van der Waals surface area contributed by atoms with E-state index in [1.54, 1.807) is 11.3 Å². The molecule has 0 saturated carbocycles. The summed E-state index contributed by atoms with van der Waals surface area (Å²) < 4.78 is 5.47. The lowest BCUT2D eigenvalue weighted by molar-refractivity contribution is 0.340. The number of hydrogen-bond acceptors (Lipinski definition) is 4. The molecule has 3 rings (SSSR count).